The minimum atomic E-state index is -1.18. The lowest BCUT2D eigenvalue weighted by atomic mass is 10.3. The highest BCUT2D eigenvalue weighted by Crippen LogP contribution is 2.03. The molecule has 1 atom stereocenters. The van der Waals surface area contributed by atoms with E-state index in [9.17, 15) is 14.5 Å². The Hall–Kier alpha value is -1.11. The predicted octanol–water partition coefficient (Wildman–Crippen LogP) is -0.00970. The SMILES string of the molecule is CC(=O)N[C@@H](CSN=O)C(=O)O. The summed E-state index contributed by atoms with van der Waals surface area (Å²) in [4.78, 5) is 30.4. The van der Waals surface area contributed by atoms with Crippen molar-refractivity contribution in [2.24, 2.45) is 4.58 Å². The summed E-state index contributed by atoms with van der Waals surface area (Å²) in [5.74, 6) is -1.69. The zero-order valence-corrected chi connectivity index (χ0v) is 7.13. The molecule has 0 aromatic heterocycles. The van der Waals surface area contributed by atoms with Crippen LogP contribution in [0, 0.1) is 4.91 Å². The van der Waals surface area contributed by atoms with Gasteiger partial charge in [0.05, 0.1) is 0 Å². The topological polar surface area (TPSA) is 95.8 Å². The highest BCUT2D eigenvalue weighted by Gasteiger charge is 2.18. The molecule has 0 aromatic rings. The molecule has 0 aliphatic rings. The number of hydrogen-bond donors (Lipinski definition) is 2. The van der Waals surface area contributed by atoms with Crippen LogP contribution in [-0.2, 0) is 9.59 Å². The zero-order valence-electron chi connectivity index (χ0n) is 6.31. The number of hydrogen-bond acceptors (Lipinski definition) is 5. The number of aliphatic carboxylic acids is 1. The van der Waals surface area contributed by atoms with E-state index in [1.165, 1.54) is 6.92 Å². The highest BCUT2D eigenvalue weighted by molar-refractivity contribution is 7.97. The molecule has 6 nitrogen and oxygen atoms in total. The van der Waals surface area contributed by atoms with Gasteiger partial charge in [0.1, 0.15) is 6.04 Å². The van der Waals surface area contributed by atoms with Gasteiger partial charge >= 0.3 is 5.97 Å². The van der Waals surface area contributed by atoms with E-state index in [0.29, 0.717) is 11.9 Å². The normalized spacial score (nSPS) is 11.8. The maximum absolute atomic E-state index is 10.4. The van der Waals surface area contributed by atoms with Crippen molar-refractivity contribution in [2.45, 2.75) is 13.0 Å². The first kappa shape index (κ1) is 10.9. The lowest BCUT2D eigenvalue weighted by Crippen LogP contribution is -2.41. The lowest BCUT2D eigenvalue weighted by molar-refractivity contribution is -0.140. The summed E-state index contributed by atoms with van der Waals surface area (Å²) in [7, 11) is 0. The van der Waals surface area contributed by atoms with E-state index in [1.54, 1.807) is 0 Å². The van der Waals surface area contributed by atoms with Crippen LogP contribution in [0.1, 0.15) is 6.92 Å². The summed E-state index contributed by atoms with van der Waals surface area (Å²) < 4.78 is 2.42. The fourth-order valence-electron chi connectivity index (χ4n) is 0.525. The van der Waals surface area contributed by atoms with E-state index in [2.05, 4.69) is 9.90 Å². The fourth-order valence-corrected chi connectivity index (χ4v) is 0.961. The Morgan fingerprint density at radius 1 is 1.67 bits per heavy atom. The molecule has 0 saturated heterocycles. The van der Waals surface area contributed by atoms with Gasteiger partial charge in [0, 0.05) is 29.2 Å². The average Bonchev–Trinajstić information content (AvgIpc) is 1.96. The third-order valence-electron chi connectivity index (χ3n) is 0.969. The van der Waals surface area contributed by atoms with Crippen molar-refractivity contribution in [3.63, 3.8) is 0 Å². The van der Waals surface area contributed by atoms with Crippen LogP contribution in [0.4, 0.5) is 0 Å². The quantitative estimate of drug-likeness (QED) is 0.471. The second kappa shape index (κ2) is 5.53. The van der Waals surface area contributed by atoms with Gasteiger partial charge in [-0.25, -0.2) is 4.79 Å². The Morgan fingerprint density at radius 3 is 2.58 bits per heavy atom. The number of nitrogens with one attached hydrogen (secondary N) is 1. The number of carboxylic acids is 1. The predicted molar refractivity (Wildman–Crippen MR) is 43.5 cm³/mol. The average molecular weight is 192 g/mol. The molecular formula is C5H8N2O4S. The molecule has 0 heterocycles. The Labute approximate surface area is 72.8 Å². The Kier molecular flexibility index (Phi) is 5.02. The fraction of sp³-hybridized carbons (Fsp3) is 0.600. The first-order valence-electron chi connectivity index (χ1n) is 3.02. The largest absolute Gasteiger partial charge is 0.480 e. The second-order valence-corrected chi connectivity index (χ2v) is 2.70. The molecule has 0 aliphatic heterocycles. The molecule has 0 rings (SSSR count). The van der Waals surface area contributed by atoms with Gasteiger partial charge in [-0.3, -0.25) is 4.79 Å². The van der Waals surface area contributed by atoms with E-state index in [1.807, 2.05) is 0 Å². The molecule has 0 saturated carbocycles. The highest BCUT2D eigenvalue weighted by atomic mass is 32.2. The maximum atomic E-state index is 10.4. The Bertz CT molecular complexity index is 196. The van der Waals surface area contributed by atoms with Crippen molar-refractivity contribution in [3.8, 4) is 0 Å². The summed E-state index contributed by atoms with van der Waals surface area (Å²) >= 11 is 0.560. The summed E-state index contributed by atoms with van der Waals surface area (Å²) in [5.41, 5.74) is 0. The van der Waals surface area contributed by atoms with Crippen molar-refractivity contribution in [1.82, 2.24) is 5.32 Å². The van der Waals surface area contributed by atoms with Gasteiger partial charge in [0.2, 0.25) is 5.91 Å². The first-order chi connectivity index (χ1) is 5.57. The van der Waals surface area contributed by atoms with Crippen LogP contribution in [-0.4, -0.2) is 28.8 Å². The minimum absolute atomic E-state index is 0.0571. The second-order valence-electron chi connectivity index (χ2n) is 1.96. The molecular weight excluding hydrogens is 184 g/mol. The molecule has 68 valence electrons. The number of nitroso groups, excluding NO2 is 1. The third kappa shape index (κ3) is 4.67. The molecule has 0 fully saturated rings. The summed E-state index contributed by atoms with van der Waals surface area (Å²) in [6.45, 7) is 1.20. The monoisotopic (exact) mass is 192 g/mol. The number of amides is 1. The number of carbonyl (C=O) groups is 2. The smallest absolute Gasteiger partial charge is 0.327 e. The molecule has 7 heteroatoms. The van der Waals surface area contributed by atoms with E-state index in [0.717, 1.165) is 0 Å². The molecule has 0 spiro atoms. The summed E-state index contributed by atoms with van der Waals surface area (Å²) in [5, 5.41) is 10.6. The standard InChI is InChI=1S/C5H8N2O4S/c1-3(8)6-4(5(9)10)2-12-7-11/h4H,2H2,1H3,(H,6,8)(H,9,10)/t4-/m0/s1. The molecule has 0 radical (unpaired) electrons. The van der Waals surface area contributed by atoms with Gasteiger partial charge in [0.25, 0.3) is 0 Å². The van der Waals surface area contributed by atoms with Crippen molar-refractivity contribution in [1.29, 1.82) is 0 Å². The number of carboxylic acid groups (broad SMARTS) is 1. The molecule has 12 heavy (non-hydrogen) atoms. The molecule has 2 N–H and O–H groups in total. The molecule has 0 aromatic carbocycles. The summed E-state index contributed by atoms with van der Waals surface area (Å²) in [6, 6.07) is -1.05. The molecule has 0 bridgehead atoms. The lowest BCUT2D eigenvalue weighted by Gasteiger charge is -2.09. The Balaban J connectivity index is 3.94. The van der Waals surface area contributed by atoms with Crippen LogP contribution >= 0.6 is 11.9 Å². The van der Waals surface area contributed by atoms with Crippen LogP contribution in [0.2, 0.25) is 0 Å². The van der Waals surface area contributed by atoms with Crippen LogP contribution in [0.25, 0.3) is 0 Å². The van der Waals surface area contributed by atoms with Crippen molar-refractivity contribution in [3.05, 3.63) is 4.91 Å². The van der Waals surface area contributed by atoms with E-state index in [4.69, 9.17) is 5.11 Å². The number of nitrogens with zero attached hydrogens (tertiary/aromatic N) is 1. The Morgan fingerprint density at radius 2 is 2.25 bits per heavy atom. The van der Waals surface area contributed by atoms with Gasteiger partial charge in [-0.2, -0.15) is 0 Å². The van der Waals surface area contributed by atoms with Crippen LogP contribution in [0.15, 0.2) is 4.58 Å². The maximum Gasteiger partial charge on any atom is 0.327 e. The van der Waals surface area contributed by atoms with Gasteiger partial charge in [-0.05, 0) is 0 Å². The van der Waals surface area contributed by atoms with Crippen molar-refractivity contribution in [2.75, 3.05) is 5.75 Å². The van der Waals surface area contributed by atoms with Crippen LogP contribution < -0.4 is 5.32 Å². The van der Waals surface area contributed by atoms with Crippen LogP contribution in [0.5, 0.6) is 0 Å². The zero-order chi connectivity index (χ0) is 9.56. The minimum Gasteiger partial charge on any atom is -0.480 e. The number of carbonyl (C=O) groups excluding carboxylic acids is 1. The molecule has 0 aliphatic carbocycles. The van der Waals surface area contributed by atoms with Crippen LogP contribution in [0.3, 0.4) is 0 Å². The molecule has 0 unspecified atom stereocenters. The van der Waals surface area contributed by atoms with Crippen molar-refractivity contribution < 1.29 is 14.7 Å². The van der Waals surface area contributed by atoms with Gasteiger partial charge in [-0.15, -0.1) is 4.91 Å². The third-order valence-corrected chi connectivity index (χ3v) is 1.56. The molecule has 1 amide bonds. The van der Waals surface area contributed by atoms with Gasteiger partial charge in [0.15, 0.2) is 0 Å². The van der Waals surface area contributed by atoms with Gasteiger partial charge in [-0.1, -0.05) is 0 Å². The number of rotatable bonds is 5. The van der Waals surface area contributed by atoms with Crippen molar-refractivity contribution >= 4 is 23.8 Å². The van der Waals surface area contributed by atoms with E-state index >= 15 is 0 Å². The van der Waals surface area contributed by atoms with Gasteiger partial charge < -0.3 is 10.4 Å². The van der Waals surface area contributed by atoms with E-state index < -0.39 is 17.9 Å². The summed E-state index contributed by atoms with van der Waals surface area (Å²) in [6.07, 6.45) is 0. The van der Waals surface area contributed by atoms with E-state index in [-0.39, 0.29) is 5.75 Å². The first-order valence-corrected chi connectivity index (χ1v) is 3.96.